The first-order valence-electron chi connectivity index (χ1n) is 6.90. The van der Waals surface area contributed by atoms with Gasteiger partial charge in [0, 0.05) is 6.54 Å². The van der Waals surface area contributed by atoms with Crippen LogP contribution in [0.4, 0.5) is 18.9 Å². The Balaban J connectivity index is 2.64. The van der Waals surface area contributed by atoms with Crippen LogP contribution in [-0.4, -0.2) is 51.7 Å². The molecule has 0 saturated carbocycles. The highest BCUT2D eigenvalue weighted by atomic mass is 19.4. The quantitative estimate of drug-likeness (QED) is 0.805. The van der Waals surface area contributed by atoms with Gasteiger partial charge in [-0.25, -0.2) is 0 Å². The maximum absolute atomic E-state index is 12.5. The number of aryl methyl sites for hydroxylation is 1. The maximum atomic E-state index is 12.5. The van der Waals surface area contributed by atoms with E-state index in [9.17, 15) is 18.3 Å². The number of hydrogen-bond donors (Lipinski definition) is 2. The molecule has 0 aliphatic rings. The van der Waals surface area contributed by atoms with Gasteiger partial charge in [0.25, 0.3) is 0 Å². The smallest absolute Gasteiger partial charge is 0.396 e. The Kier molecular flexibility index (Phi) is 6.03. The molecule has 1 aromatic rings. The van der Waals surface area contributed by atoms with E-state index in [-0.39, 0.29) is 19.6 Å². The molecule has 0 saturated heterocycles. The van der Waals surface area contributed by atoms with Gasteiger partial charge in [0.15, 0.2) is 0 Å². The van der Waals surface area contributed by atoms with Gasteiger partial charge in [-0.1, -0.05) is 6.92 Å². The molecule has 0 aliphatic carbocycles. The van der Waals surface area contributed by atoms with Gasteiger partial charge in [0.1, 0.15) is 0 Å². The summed E-state index contributed by atoms with van der Waals surface area (Å²) >= 11 is 0. The average molecular weight is 308 g/mol. The molecule has 1 aromatic heterocycles. The third kappa shape index (κ3) is 5.55. The Morgan fingerprint density at radius 2 is 2.00 bits per heavy atom. The van der Waals surface area contributed by atoms with Crippen molar-refractivity contribution in [2.45, 2.75) is 46.0 Å². The Morgan fingerprint density at radius 1 is 1.38 bits per heavy atom. The minimum atomic E-state index is -4.27. The van der Waals surface area contributed by atoms with E-state index in [4.69, 9.17) is 5.73 Å². The second-order valence-corrected chi connectivity index (χ2v) is 5.27. The van der Waals surface area contributed by atoms with Gasteiger partial charge < -0.3 is 10.8 Å². The zero-order chi connectivity index (χ0) is 16.2. The summed E-state index contributed by atoms with van der Waals surface area (Å²) < 4.78 is 38.9. The van der Waals surface area contributed by atoms with E-state index in [0.717, 1.165) is 0 Å². The summed E-state index contributed by atoms with van der Waals surface area (Å²) in [6.45, 7) is 4.66. The molecule has 0 radical (unpaired) electrons. The fraction of sp³-hybridized carbons (Fsp3) is 0.769. The summed E-state index contributed by atoms with van der Waals surface area (Å²) in [6.07, 6.45) is -4.61. The van der Waals surface area contributed by atoms with E-state index in [2.05, 4.69) is 5.10 Å². The number of nitrogen functional groups attached to an aromatic ring is 1. The Hall–Kier alpha value is -1.28. The largest absolute Gasteiger partial charge is 0.401 e. The molecule has 5 nitrogen and oxygen atoms in total. The average Bonchev–Trinajstić information content (AvgIpc) is 2.55. The van der Waals surface area contributed by atoms with Crippen molar-refractivity contribution < 1.29 is 18.3 Å². The van der Waals surface area contributed by atoms with Crippen LogP contribution >= 0.6 is 0 Å². The Bertz CT molecular complexity index is 459. The van der Waals surface area contributed by atoms with Gasteiger partial charge in [-0.2, -0.15) is 18.3 Å². The number of nitrogens with zero attached hydrogens (tertiary/aromatic N) is 3. The fourth-order valence-electron chi connectivity index (χ4n) is 2.25. The highest BCUT2D eigenvalue weighted by molar-refractivity contribution is 5.46. The van der Waals surface area contributed by atoms with Gasteiger partial charge >= 0.3 is 6.18 Å². The topological polar surface area (TPSA) is 67.3 Å². The van der Waals surface area contributed by atoms with E-state index in [1.165, 1.54) is 9.58 Å². The number of rotatable bonds is 7. The minimum absolute atomic E-state index is 0.0500. The standard InChI is InChI=1S/C13H23F3N4O/c1-4-5-19(8-13(14,15)16)6-11(21)7-20-10(3)12(17)9(2)18-20/h11,21H,4-8,17H2,1-3H3. The van der Waals surface area contributed by atoms with Crippen molar-refractivity contribution in [3.05, 3.63) is 11.4 Å². The summed E-state index contributed by atoms with van der Waals surface area (Å²) in [7, 11) is 0. The summed E-state index contributed by atoms with van der Waals surface area (Å²) in [5.41, 5.74) is 7.70. The zero-order valence-corrected chi connectivity index (χ0v) is 12.6. The molecule has 0 bridgehead atoms. The van der Waals surface area contributed by atoms with Crippen LogP contribution in [0.2, 0.25) is 0 Å². The van der Waals surface area contributed by atoms with Gasteiger partial charge in [-0.15, -0.1) is 0 Å². The van der Waals surface area contributed by atoms with E-state index < -0.39 is 18.8 Å². The van der Waals surface area contributed by atoms with Crippen LogP contribution in [0.3, 0.4) is 0 Å². The molecular weight excluding hydrogens is 285 g/mol. The summed E-state index contributed by atoms with van der Waals surface area (Å²) in [6, 6.07) is 0. The third-order valence-electron chi connectivity index (χ3n) is 3.23. The monoisotopic (exact) mass is 308 g/mol. The number of anilines is 1. The van der Waals surface area contributed by atoms with Crippen molar-refractivity contribution in [1.82, 2.24) is 14.7 Å². The molecule has 21 heavy (non-hydrogen) atoms. The molecule has 122 valence electrons. The van der Waals surface area contributed by atoms with Gasteiger partial charge in [-0.05, 0) is 26.8 Å². The first-order valence-corrected chi connectivity index (χ1v) is 6.90. The van der Waals surface area contributed by atoms with Crippen molar-refractivity contribution in [1.29, 1.82) is 0 Å². The van der Waals surface area contributed by atoms with Gasteiger partial charge in [-0.3, -0.25) is 9.58 Å². The van der Waals surface area contributed by atoms with Crippen LogP contribution in [0.5, 0.6) is 0 Å². The Labute approximate surface area is 122 Å². The lowest BCUT2D eigenvalue weighted by molar-refractivity contribution is -0.148. The molecule has 0 aliphatic heterocycles. The SMILES string of the molecule is CCCN(CC(O)Cn1nc(C)c(N)c1C)CC(F)(F)F. The lowest BCUT2D eigenvalue weighted by atomic mass is 10.2. The predicted molar refractivity (Wildman–Crippen MR) is 74.9 cm³/mol. The lowest BCUT2D eigenvalue weighted by Crippen LogP contribution is -2.41. The van der Waals surface area contributed by atoms with E-state index in [1.54, 1.807) is 20.8 Å². The van der Waals surface area contributed by atoms with Crippen LogP contribution in [0.1, 0.15) is 24.7 Å². The second-order valence-electron chi connectivity index (χ2n) is 5.27. The van der Waals surface area contributed by atoms with Crippen molar-refractivity contribution in [3.8, 4) is 0 Å². The lowest BCUT2D eigenvalue weighted by Gasteiger charge is -2.25. The van der Waals surface area contributed by atoms with E-state index in [1.807, 2.05) is 0 Å². The fourth-order valence-corrected chi connectivity index (χ4v) is 2.25. The zero-order valence-electron chi connectivity index (χ0n) is 12.6. The van der Waals surface area contributed by atoms with Crippen molar-refractivity contribution in [2.75, 3.05) is 25.4 Å². The van der Waals surface area contributed by atoms with Crippen molar-refractivity contribution in [2.24, 2.45) is 0 Å². The molecule has 1 heterocycles. The van der Waals surface area contributed by atoms with Crippen LogP contribution in [0.15, 0.2) is 0 Å². The normalized spacial score (nSPS) is 13.9. The van der Waals surface area contributed by atoms with E-state index in [0.29, 0.717) is 23.5 Å². The molecule has 0 aromatic carbocycles. The molecule has 1 atom stereocenters. The van der Waals surface area contributed by atoms with Crippen LogP contribution < -0.4 is 5.73 Å². The summed E-state index contributed by atoms with van der Waals surface area (Å²) in [4.78, 5) is 1.21. The number of aliphatic hydroxyl groups excluding tert-OH is 1. The number of nitrogens with two attached hydrogens (primary N) is 1. The number of aromatic nitrogens is 2. The molecule has 0 amide bonds. The van der Waals surface area contributed by atoms with E-state index >= 15 is 0 Å². The van der Waals surface area contributed by atoms with Crippen LogP contribution in [-0.2, 0) is 6.54 Å². The maximum Gasteiger partial charge on any atom is 0.401 e. The molecule has 0 spiro atoms. The molecule has 8 heteroatoms. The number of alkyl halides is 3. The number of hydrogen-bond acceptors (Lipinski definition) is 4. The minimum Gasteiger partial charge on any atom is -0.396 e. The highest BCUT2D eigenvalue weighted by Crippen LogP contribution is 2.18. The van der Waals surface area contributed by atoms with Gasteiger partial charge in [0.2, 0.25) is 0 Å². The highest BCUT2D eigenvalue weighted by Gasteiger charge is 2.31. The first-order chi connectivity index (χ1) is 9.64. The van der Waals surface area contributed by atoms with Gasteiger partial charge in [0.05, 0.1) is 36.3 Å². The molecule has 1 unspecified atom stereocenters. The predicted octanol–water partition coefficient (Wildman–Crippen LogP) is 1.72. The molecular formula is C13H23F3N4O. The summed E-state index contributed by atoms with van der Waals surface area (Å²) in [5, 5.41) is 14.2. The van der Waals surface area contributed by atoms with Crippen LogP contribution in [0.25, 0.3) is 0 Å². The molecule has 1 rings (SSSR count). The number of halogens is 3. The second kappa shape index (κ2) is 7.13. The van der Waals surface area contributed by atoms with Crippen molar-refractivity contribution in [3.63, 3.8) is 0 Å². The summed E-state index contributed by atoms with van der Waals surface area (Å²) in [5.74, 6) is 0. The molecule has 3 N–H and O–H groups in total. The van der Waals surface area contributed by atoms with Crippen molar-refractivity contribution >= 4 is 5.69 Å². The van der Waals surface area contributed by atoms with Crippen LogP contribution in [0, 0.1) is 13.8 Å². The number of aliphatic hydroxyl groups is 1. The first kappa shape index (κ1) is 17.8. The Morgan fingerprint density at radius 3 is 2.43 bits per heavy atom. The molecule has 0 fully saturated rings. The third-order valence-corrected chi connectivity index (χ3v) is 3.23.